The van der Waals surface area contributed by atoms with Crippen LogP contribution in [-0.2, 0) is 13.1 Å². The third-order valence-corrected chi connectivity index (χ3v) is 5.42. The molecule has 0 aliphatic carbocycles. The van der Waals surface area contributed by atoms with Crippen LogP contribution < -0.4 is 11.2 Å². The van der Waals surface area contributed by atoms with E-state index in [1.165, 1.54) is 27.7 Å². The first kappa shape index (κ1) is 18.8. The zero-order chi connectivity index (χ0) is 19.6. The van der Waals surface area contributed by atoms with Crippen LogP contribution in [0.5, 0.6) is 0 Å². The fraction of sp³-hybridized carbons (Fsp3) is 0.300. The lowest BCUT2D eigenvalue weighted by molar-refractivity contribution is 0.600. The molecule has 0 saturated carbocycles. The van der Waals surface area contributed by atoms with E-state index < -0.39 is 11.2 Å². The molecule has 0 atom stereocenters. The van der Waals surface area contributed by atoms with Crippen molar-refractivity contribution in [3.63, 3.8) is 0 Å². The minimum absolute atomic E-state index is 0.0366. The second kappa shape index (κ2) is 7.72. The first-order valence-corrected chi connectivity index (χ1v) is 9.55. The van der Waals surface area contributed by atoms with E-state index in [0.717, 1.165) is 20.0 Å². The van der Waals surface area contributed by atoms with Crippen LogP contribution in [0.2, 0.25) is 0 Å². The van der Waals surface area contributed by atoms with Crippen LogP contribution in [0, 0.1) is 11.3 Å². The molecule has 0 bridgehead atoms. The van der Waals surface area contributed by atoms with Crippen LogP contribution in [0.3, 0.4) is 0 Å². The van der Waals surface area contributed by atoms with Gasteiger partial charge in [0.25, 0.3) is 5.56 Å². The second-order valence-corrected chi connectivity index (χ2v) is 7.64. The molecule has 138 valence electrons. The predicted octanol–water partition coefficient (Wildman–Crippen LogP) is 3.20. The molecule has 0 spiro atoms. The van der Waals surface area contributed by atoms with Gasteiger partial charge in [0.15, 0.2) is 0 Å². The maximum Gasteiger partial charge on any atom is 0.331 e. The average Bonchev–Trinajstić information content (AvgIpc) is 3.14. The van der Waals surface area contributed by atoms with Crippen molar-refractivity contribution in [1.82, 2.24) is 14.1 Å². The lowest BCUT2D eigenvalue weighted by Crippen LogP contribution is -2.40. The Labute approximate surface area is 161 Å². The molecule has 2 aromatic heterocycles. The quantitative estimate of drug-likeness (QED) is 0.681. The van der Waals surface area contributed by atoms with Crippen LogP contribution in [0.25, 0.3) is 10.6 Å². The molecule has 0 amide bonds. The number of nitrogens with zero attached hydrogens (tertiary/aromatic N) is 4. The number of hydrogen-bond acceptors (Lipinski definition) is 5. The molecule has 6 nitrogen and oxygen atoms in total. The van der Waals surface area contributed by atoms with Gasteiger partial charge >= 0.3 is 5.69 Å². The van der Waals surface area contributed by atoms with Crippen molar-refractivity contribution in [3.8, 4) is 16.6 Å². The molecule has 1 aromatic carbocycles. The van der Waals surface area contributed by atoms with Gasteiger partial charge in [-0.05, 0) is 18.4 Å². The minimum Gasteiger partial charge on any atom is -0.299 e. The summed E-state index contributed by atoms with van der Waals surface area (Å²) >= 11 is 1.44. The molecule has 7 heteroatoms. The molecular formula is C20H20N4O2S. The molecule has 0 unspecified atom stereocenters. The van der Waals surface area contributed by atoms with Gasteiger partial charge in [-0.25, -0.2) is 9.78 Å². The van der Waals surface area contributed by atoms with Crippen molar-refractivity contribution < 1.29 is 0 Å². The summed E-state index contributed by atoms with van der Waals surface area (Å²) in [4.78, 5) is 30.1. The number of rotatable bonds is 5. The zero-order valence-electron chi connectivity index (χ0n) is 15.5. The Hall–Kier alpha value is -2.98. The monoisotopic (exact) mass is 380 g/mol. The van der Waals surface area contributed by atoms with E-state index in [9.17, 15) is 9.59 Å². The minimum atomic E-state index is -0.566. The lowest BCUT2D eigenvalue weighted by Gasteiger charge is -2.08. The van der Waals surface area contributed by atoms with Gasteiger partial charge in [0, 0.05) is 29.4 Å². The second-order valence-electron chi connectivity index (χ2n) is 6.52. The van der Waals surface area contributed by atoms with Crippen molar-refractivity contribution in [3.05, 3.63) is 73.5 Å². The predicted molar refractivity (Wildman–Crippen MR) is 106 cm³/mol. The van der Waals surface area contributed by atoms with E-state index >= 15 is 0 Å². The van der Waals surface area contributed by atoms with Crippen LogP contribution in [0.15, 0.2) is 46.2 Å². The molecular weight excluding hydrogens is 360 g/mol. The SMILES string of the molecule is CCn1cc(C#N)c(=O)n(Cc2cnc(-c3ccc(C(C)C)cc3)s2)c1=O. The van der Waals surface area contributed by atoms with Gasteiger partial charge in [-0.15, -0.1) is 11.3 Å². The Morgan fingerprint density at radius 3 is 2.52 bits per heavy atom. The van der Waals surface area contributed by atoms with Gasteiger partial charge in [0.1, 0.15) is 16.6 Å². The highest BCUT2D eigenvalue weighted by Gasteiger charge is 2.13. The number of nitriles is 1. The van der Waals surface area contributed by atoms with E-state index in [-0.39, 0.29) is 12.1 Å². The summed E-state index contributed by atoms with van der Waals surface area (Å²) in [6, 6.07) is 10.1. The van der Waals surface area contributed by atoms with E-state index in [0.29, 0.717) is 12.5 Å². The summed E-state index contributed by atoms with van der Waals surface area (Å²) in [6.45, 7) is 6.58. The summed E-state index contributed by atoms with van der Waals surface area (Å²) in [7, 11) is 0. The van der Waals surface area contributed by atoms with Crippen LogP contribution in [0.1, 0.15) is 42.7 Å². The number of benzene rings is 1. The first-order valence-electron chi connectivity index (χ1n) is 8.74. The highest BCUT2D eigenvalue weighted by molar-refractivity contribution is 7.15. The fourth-order valence-corrected chi connectivity index (χ4v) is 3.68. The van der Waals surface area contributed by atoms with Crippen LogP contribution in [-0.4, -0.2) is 14.1 Å². The van der Waals surface area contributed by atoms with Crippen LogP contribution in [0.4, 0.5) is 0 Å². The van der Waals surface area contributed by atoms with Gasteiger partial charge < -0.3 is 0 Å². The van der Waals surface area contributed by atoms with Crippen molar-refractivity contribution in [2.45, 2.75) is 39.8 Å². The van der Waals surface area contributed by atoms with Crippen LogP contribution >= 0.6 is 11.3 Å². The summed E-state index contributed by atoms with van der Waals surface area (Å²) < 4.78 is 2.47. The Morgan fingerprint density at radius 1 is 1.22 bits per heavy atom. The van der Waals surface area contributed by atoms with E-state index in [2.05, 4.69) is 31.0 Å². The molecule has 0 N–H and O–H groups in total. The average molecular weight is 380 g/mol. The Morgan fingerprint density at radius 2 is 1.93 bits per heavy atom. The third kappa shape index (κ3) is 3.76. The van der Waals surface area contributed by atoms with Gasteiger partial charge in [0.2, 0.25) is 0 Å². The molecule has 0 aliphatic heterocycles. The summed E-state index contributed by atoms with van der Waals surface area (Å²) in [5, 5.41) is 9.98. The molecule has 0 saturated heterocycles. The van der Waals surface area contributed by atoms with Gasteiger partial charge in [-0.1, -0.05) is 38.1 Å². The number of aryl methyl sites for hydroxylation is 1. The number of hydrogen-bond donors (Lipinski definition) is 0. The summed E-state index contributed by atoms with van der Waals surface area (Å²) in [5.74, 6) is 0.464. The molecule has 0 fully saturated rings. The maximum atomic E-state index is 12.5. The smallest absolute Gasteiger partial charge is 0.299 e. The van der Waals surface area contributed by atoms with E-state index in [1.54, 1.807) is 13.1 Å². The van der Waals surface area contributed by atoms with E-state index in [4.69, 9.17) is 5.26 Å². The molecule has 3 rings (SSSR count). The Bertz CT molecular complexity index is 1110. The van der Waals surface area contributed by atoms with Gasteiger partial charge in [0.05, 0.1) is 6.54 Å². The van der Waals surface area contributed by atoms with Gasteiger partial charge in [-0.2, -0.15) is 5.26 Å². The fourth-order valence-electron chi connectivity index (χ4n) is 2.78. The summed E-state index contributed by atoms with van der Waals surface area (Å²) in [6.07, 6.45) is 2.99. The topological polar surface area (TPSA) is 80.7 Å². The van der Waals surface area contributed by atoms with E-state index in [1.807, 2.05) is 18.2 Å². The lowest BCUT2D eigenvalue weighted by atomic mass is 10.0. The van der Waals surface area contributed by atoms with Crippen molar-refractivity contribution in [2.24, 2.45) is 0 Å². The zero-order valence-corrected chi connectivity index (χ0v) is 16.3. The Balaban J connectivity index is 1.94. The molecule has 0 radical (unpaired) electrons. The van der Waals surface area contributed by atoms with Crippen molar-refractivity contribution in [2.75, 3.05) is 0 Å². The van der Waals surface area contributed by atoms with Crippen molar-refractivity contribution in [1.29, 1.82) is 5.26 Å². The highest BCUT2D eigenvalue weighted by Crippen LogP contribution is 2.27. The first-order chi connectivity index (χ1) is 12.9. The third-order valence-electron chi connectivity index (χ3n) is 4.39. The molecule has 3 aromatic rings. The van der Waals surface area contributed by atoms with Gasteiger partial charge in [-0.3, -0.25) is 13.9 Å². The number of aromatic nitrogens is 3. The standard InChI is InChI=1S/C20H20N4O2S/c1-4-23-11-16(9-21)19(25)24(20(23)26)12-17-10-22-18(27-17)15-7-5-14(6-8-15)13(2)3/h5-8,10-11,13H,4,12H2,1-3H3. The largest absolute Gasteiger partial charge is 0.331 e. The normalized spacial score (nSPS) is 10.9. The Kier molecular flexibility index (Phi) is 5.38. The maximum absolute atomic E-state index is 12.5. The highest BCUT2D eigenvalue weighted by atomic mass is 32.1. The summed E-state index contributed by atoms with van der Waals surface area (Å²) in [5.41, 5.74) is 1.24. The number of thiazole rings is 1. The molecule has 27 heavy (non-hydrogen) atoms. The molecule has 0 aliphatic rings. The van der Waals surface area contributed by atoms with Crippen molar-refractivity contribution >= 4 is 11.3 Å². The molecule has 2 heterocycles.